The number of nitrogen functional groups attached to an aromatic ring is 1. The highest BCUT2D eigenvalue weighted by Gasteiger charge is 2.13. The Morgan fingerprint density at radius 1 is 1.17 bits per heavy atom. The fourth-order valence-electron chi connectivity index (χ4n) is 1.39. The molecule has 3 aromatic heterocycles. The smallest absolute Gasteiger partial charge is 0.268 e. The summed E-state index contributed by atoms with van der Waals surface area (Å²) in [5, 5.41) is 4.56. The maximum Gasteiger partial charge on any atom is 0.268 e. The van der Waals surface area contributed by atoms with Crippen molar-refractivity contribution in [3.63, 3.8) is 0 Å². The minimum atomic E-state index is 0.372. The number of aromatic nitrogens is 4. The van der Waals surface area contributed by atoms with E-state index >= 15 is 0 Å². The van der Waals surface area contributed by atoms with Crippen molar-refractivity contribution in [2.75, 3.05) is 5.73 Å². The van der Waals surface area contributed by atoms with Gasteiger partial charge >= 0.3 is 0 Å². The molecule has 0 aliphatic carbocycles. The van der Waals surface area contributed by atoms with E-state index in [4.69, 9.17) is 10.3 Å². The summed E-state index contributed by atoms with van der Waals surface area (Å²) >= 11 is 1.39. The number of rotatable bonds is 2. The summed E-state index contributed by atoms with van der Waals surface area (Å²) < 4.78 is 5.16. The molecule has 6 nitrogen and oxygen atoms in total. The molecule has 7 heteroatoms. The zero-order valence-electron chi connectivity index (χ0n) is 9.49. The van der Waals surface area contributed by atoms with Crippen LogP contribution in [0.4, 0.5) is 5.00 Å². The maximum atomic E-state index is 5.65. The number of nitrogens with two attached hydrogens (primary N) is 1. The van der Waals surface area contributed by atoms with Crippen molar-refractivity contribution in [1.29, 1.82) is 0 Å². The molecule has 3 rings (SSSR count). The van der Waals surface area contributed by atoms with Gasteiger partial charge in [-0.1, -0.05) is 5.16 Å². The lowest BCUT2D eigenvalue weighted by Gasteiger charge is -1.92. The molecule has 0 aromatic carbocycles. The summed E-state index contributed by atoms with van der Waals surface area (Å²) in [5.41, 5.74) is 6.63. The third-order valence-electron chi connectivity index (χ3n) is 2.24. The SMILES string of the molecule is Cc1cnc(-c2noc(-c3ccc(N)s3)n2)nc1. The molecule has 0 saturated heterocycles. The molecule has 0 atom stereocenters. The second-order valence-corrected chi connectivity index (χ2v) is 4.82. The monoisotopic (exact) mass is 259 g/mol. The van der Waals surface area contributed by atoms with Crippen LogP contribution < -0.4 is 5.73 Å². The highest BCUT2D eigenvalue weighted by molar-refractivity contribution is 7.19. The minimum absolute atomic E-state index is 0.372. The predicted molar refractivity (Wildman–Crippen MR) is 67.8 cm³/mol. The lowest BCUT2D eigenvalue weighted by atomic mass is 10.4. The van der Waals surface area contributed by atoms with Crippen molar-refractivity contribution < 1.29 is 4.52 Å². The molecule has 3 aromatic rings. The molecular formula is C11H9N5OS. The molecule has 0 amide bonds. The third kappa shape index (κ3) is 1.95. The summed E-state index contributed by atoms with van der Waals surface area (Å²) in [7, 11) is 0. The van der Waals surface area contributed by atoms with Crippen LogP contribution in [0.15, 0.2) is 29.0 Å². The summed E-state index contributed by atoms with van der Waals surface area (Å²) in [6, 6.07) is 3.64. The van der Waals surface area contributed by atoms with Crippen molar-refractivity contribution in [3.05, 3.63) is 30.1 Å². The van der Waals surface area contributed by atoms with Gasteiger partial charge in [0.05, 0.1) is 9.88 Å². The highest BCUT2D eigenvalue weighted by atomic mass is 32.1. The average molecular weight is 259 g/mol. The van der Waals surface area contributed by atoms with Crippen LogP contribution in [0, 0.1) is 6.92 Å². The Balaban J connectivity index is 1.96. The standard InChI is InChI=1S/C11H9N5OS/c1-6-4-13-9(14-5-6)10-15-11(17-16-10)7-2-3-8(12)18-7/h2-5H,12H2,1H3. The molecule has 3 heterocycles. The predicted octanol–water partition coefficient (Wildman–Crippen LogP) is 2.15. The van der Waals surface area contributed by atoms with E-state index < -0.39 is 0 Å². The molecule has 0 aliphatic rings. The van der Waals surface area contributed by atoms with Crippen LogP contribution in [-0.2, 0) is 0 Å². The zero-order chi connectivity index (χ0) is 12.5. The normalized spacial score (nSPS) is 10.7. The van der Waals surface area contributed by atoms with Crippen LogP contribution in [0.2, 0.25) is 0 Å². The summed E-state index contributed by atoms with van der Waals surface area (Å²) in [4.78, 5) is 13.4. The number of nitrogens with zero attached hydrogens (tertiary/aromatic N) is 4. The van der Waals surface area contributed by atoms with E-state index in [1.54, 1.807) is 18.5 Å². The Hall–Kier alpha value is -2.28. The molecule has 0 fully saturated rings. The van der Waals surface area contributed by atoms with Crippen LogP contribution in [0.3, 0.4) is 0 Å². The lowest BCUT2D eigenvalue weighted by Crippen LogP contribution is -1.90. The van der Waals surface area contributed by atoms with Gasteiger partial charge in [0.25, 0.3) is 5.89 Å². The van der Waals surface area contributed by atoms with Gasteiger partial charge in [-0.3, -0.25) is 0 Å². The first-order chi connectivity index (χ1) is 8.72. The van der Waals surface area contributed by atoms with Gasteiger partial charge in [-0.15, -0.1) is 11.3 Å². The molecule has 90 valence electrons. The van der Waals surface area contributed by atoms with Crippen molar-refractivity contribution in [1.82, 2.24) is 20.1 Å². The van der Waals surface area contributed by atoms with Crippen LogP contribution in [0.25, 0.3) is 22.4 Å². The quantitative estimate of drug-likeness (QED) is 0.758. The topological polar surface area (TPSA) is 90.7 Å². The third-order valence-corrected chi connectivity index (χ3v) is 3.15. The van der Waals surface area contributed by atoms with Crippen LogP contribution in [0.5, 0.6) is 0 Å². The average Bonchev–Trinajstić information content (AvgIpc) is 2.98. The fraction of sp³-hybridized carbons (Fsp3) is 0.0909. The Morgan fingerprint density at radius 2 is 1.94 bits per heavy atom. The molecule has 0 bridgehead atoms. The number of anilines is 1. The van der Waals surface area contributed by atoms with E-state index in [9.17, 15) is 0 Å². The highest BCUT2D eigenvalue weighted by Crippen LogP contribution is 2.29. The second kappa shape index (κ2) is 4.19. The first kappa shape index (κ1) is 10.8. The van der Waals surface area contributed by atoms with Crippen LogP contribution in [-0.4, -0.2) is 20.1 Å². The summed E-state index contributed by atoms with van der Waals surface area (Å²) in [6.07, 6.45) is 3.42. The molecule has 2 N–H and O–H groups in total. The van der Waals surface area contributed by atoms with Crippen molar-refractivity contribution in [3.8, 4) is 22.4 Å². The molecule has 18 heavy (non-hydrogen) atoms. The lowest BCUT2D eigenvalue weighted by molar-refractivity contribution is 0.433. The van der Waals surface area contributed by atoms with E-state index in [1.165, 1.54) is 11.3 Å². The molecule has 0 aliphatic heterocycles. The van der Waals surface area contributed by atoms with Gasteiger partial charge in [-0.25, -0.2) is 9.97 Å². The van der Waals surface area contributed by atoms with Crippen molar-refractivity contribution in [2.45, 2.75) is 6.92 Å². The molecule has 0 radical (unpaired) electrons. The molecule has 0 saturated carbocycles. The van der Waals surface area contributed by atoms with E-state index in [0.29, 0.717) is 22.5 Å². The Bertz CT molecular complexity index is 673. The minimum Gasteiger partial charge on any atom is -0.391 e. The molecule has 0 spiro atoms. The number of aryl methyl sites for hydroxylation is 1. The van der Waals surface area contributed by atoms with Crippen molar-refractivity contribution in [2.24, 2.45) is 0 Å². The second-order valence-electron chi connectivity index (χ2n) is 3.71. The molecule has 0 unspecified atom stereocenters. The largest absolute Gasteiger partial charge is 0.391 e. The van der Waals surface area contributed by atoms with Gasteiger partial charge in [0.1, 0.15) is 0 Å². The number of hydrogen-bond donors (Lipinski definition) is 1. The Morgan fingerprint density at radius 3 is 2.61 bits per heavy atom. The summed E-state index contributed by atoms with van der Waals surface area (Å²) in [5.74, 6) is 1.24. The summed E-state index contributed by atoms with van der Waals surface area (Å²) in [6.45, 7) is 1.92. The first-order valence-corrected chi connectivity index (χ1v) is 6.02. The van der Waals surface area contributed by atoms with Gasteiger partial charge in [0.15, 0.2) is 0 Å². The van der Waals surface area contributed by atoms with Crippen LogP contribution in [0.1, 0.15) is 5.56 Å². The Labute approximate surface area is 107 Å². The van der Waals surface area contributed by atoms with E-state index in [-0.39, 0.29) is 0 Å². The van der Waals surface area contributed by atoms with Crippen LogP contribution >= 0.6 is 11.3 Å². The maximum absolute atomic E-state index is 5.65. The van der Waals surface area contributed by atoms with Gasteiger partial charge < -0.3 is 10.3 Å². The Kier molecular flexibility index (Phi) is 2.52. The van der Waals surface area contributed by atoms with E-state index in [2.05, 4.69) is 20.1 Å². The first-order valence-electron chi connectivity index (χ1n) is 5.21. The van der Waals surface area contributed by atoms with Gasteiger partial charge in [0, 0.05) is 12.4 Å². The molecular weight excluding hydrogens is 250 g/mol. The number of hydrogen-bond acceptors (Lipinski definition) is 7. The zero-order valence-corrected chi connectivity index (χ0v) is 10.3. The van der Waals surface area contributed by atoms with Crippen molar-refractivity contribution >= 4 is 16.3 Å². The van der Waals surface area contributed by atoms with Gasteiger partial charge in [-0.2, -0.15) is 4.98 Å². The van der Waals surface area contributed by atoms with Gasteiger partial charge in [0.2, 0.25) is 11.6 Å². The number of thiophene rings is 1. The van der Waals surface area contributed by atoms with Gasteiger partial charge in [-0.05, 0) is 24.6 Å². The van der Waals surface area contributed by atoms with E-state index in [1.807, 2.05) is 13.0 Å². The fourth-order valence-corrected chi connectivity index (χ4v) is 2.09. The van der Waals surface area contributed by atoms with E-state index in [0.717, 1.165) is 10.4 Å².